The molecule has 1 fully saturated rings. The largest absolute Gasteiger partial charge is 0.358 e. The van der Waals surface area contributed by atoms with Crippen LogP contribution in [-0.2, 0) is 4.79 Å². The second kappa shape index (κ2) is 5.32. The maximum atomic E-state index is 11.2. The number of likely N-dealkylation sites (tertiary alicyclic amines) is 1. The molecule has 82 valence electrons. The van der Waals surface area contributed by atoms with Crippen molar-refractivity contribution in [2.75, 3.05) is 26.7 Å². The highest BCUT2D eigenvalue weighted by molar-refractivity contribution is 5.77. The number of piperidine rings is 1. The Hall–Kier alpha value is -0.610. The first-order valence-electron chi connectivity index (χ1n) is 5.32. The maximum absolute atomic E-state index is 11.2. The van der Waals surface area contributed by atoms with E-state index in [1.54, 1.807) is 7.05 Å². The fourth-order valence-corrected chi connectivity index (χ4v) is 1.94. The van der Waals surface area contributed by atoms with Gasteiger partial charge >= 0.3 is 0 Å². The fourth-order valence-electron chi connectivity index (χ4n) is 1.94. The lowest BCUT2D eigenvalue weighted by Gasteiger charge is -2.36. The molecule has 0 aromatic heterocycles. The molecule has 14 heavy (non-hydrogen) atoms. The van der Waals surface area contributed by atoms with Crippen LogP contribution in [0.1, 0.15) is 19.8 Å². The van der Waals surface area contributed by atoms with Gasteiger partial charge in [0.15, 0.2) is 0 Å². The number of rotatable bonds is 3. The smallest absolute Gasteiger partial charge is 0.233 e. The van der Waals surface area contributed by atoms with E-state index in [4.69, 9.17) is 5.73 Å². The van der Waals surface area contributed by atoms with Gasteiger partial charge in [0.05, 0.1) is 6.54 Å². The molecule has 0 radical (unpaired) electrons. The number of amides is 1. The Labute approximate surface area is 85.8 Å². The molecule has 1 aliphatic heterocycles. The highest BCUT2D eigenvalue weighted by Gasteiger charge is 2.25. The monoisotopic (exact) mass is 199 g/mol. The van der Waals surface area contributed by atoms with Gasteiger partial charge < -0.3 is 11.1 Å². The van der Waals surface area contributed by atoms with Gasteiger partial charge in [-0.2, -0.15) is 0 Å². The van der Waals surface area contributed by atoms with Crippen molar-refractivity contribution in [3.05, 3.63) is 0 Å². The molecule has 2 atom stereocenters. The van der Waals surface area contributed by atoms with Crippen molar-refractivity contribution in [1.82, 2.24) is 10.2 Å². The van der Waals surface area contributed by atoms with Crippen molar-refractivity contribution in [2.24, 2.45) is 11.7 Å². The van der Waals surface area contributed by atoms with E-state index >= 15 is 0 Å². The van der Waals surface area contributed by atoms with Crippen LogP contribution in [0.15, 0.2) is 0 Å². The minimum Gasteiger partial charge on any atom is -0.358 e. The third-order valence-electron chi connectivity index (χ3n) is 3.07. The standard InChI is InChI=1S/C10H21N3O/c1-8-3-4-9(5-11)6-13(8)7-10(14)12-2/h8-9H,3-7,11H2,1-2H3,(H,12,14). The molecule has 0 bridgehead atoms. The van der Waals surface area contributed by atoms with E-state index < -0.39 is 0 Å². The van der Waals surface area contributed by atoms with Crippen LogP contribution in [0.4, 0.5) is 0 Å². The van der Waals surface area contributed by atoms with Gasteiger partial charge in [-0.25, -0.2) is 0 Å². The average molecular weight is 199 g/mol. The molecule has 2 unspecified atom stereocenters. The van der Waals surface area contributed by atoms with Crippen molar-refractivity contribution < 1.29 is 4.79 Å². The van der Waals surface area contributed by atoms with Crippen LogP contribution in [-0.4, -0.2) is 43.5 Å². The minimum absolute atomic E-state index is 0.0921. The average Bonchev–Trinajstić information content (AvgIpc) is 2.21. The molecule has 1 heterocycles. The Morgan fingerprint density at radius 3 is 2.86 bits per heavy atom. The van der Waals surface area contributed by atoms with E-state index in [9.17, 15) is 4.79 Å². The van der Waals surface area contributed by atoms with Crippen LogP contribution in [0.3, 0.4) is 0 Å². The summed E-state index contributed by atoms with van der Waals surface area (Å²) in [7, 11) is 1.68. The predicted molar refractivity (Wildman–Crippen MR) is 56.9 cm³/mol. The van der Waals surface area contributed by atoms with Crippen LogP contribution in [0.5, 0.6) is 0 Å². The van der Waals surface area contributed by atoms with Gasteiger partial charge in [0, 0.05) is 19.6 Å². The Balaban J connectivity index is 2.44. The fraction of sp³-hybridized carbons (Fsp3) is 0.900. The molecular formula is C10H21N3O. The van der Waals surface area contributed by atoms with Crippen molar-refractivity contribution in [2.45, 2.75) is 25.8 Å². The molecular weight excluding hydrogens is 178 g/mol. The van der Waals surface area contributed by atoms with Crippen molar-refractivity contribution >= 4 is 5.91 Å². The van der Waals surface area contributed by atoms with E-state index in [0.717, 1.165) is 19.5 Å². The first-order chi connectivity index (χ1) is 6.67. The SMILES string of the molecule is CNC(=O)CN1CC(CN)CCC1C. The Kier molecular flexibility index (Phi) is 4.35. The first-order valence-corrected chi connectivity index (χ1v) is 5.32. The number of likely N-dealkylation sites (N-methyl/N-ethyl adjacent to an activating group) is 1. The molecule has 3 N–H and O–H groups in total. The van der Waals surface area contributed by atoms with Gasteiger partial charge in [0.25, 0.3) is 0 Å². The zero-order chi connectivity index (χ0) is 10.6. The Morgan fingerprint density at radius 1 is 1.57 bits per heavy atom. The van der Waals surface area contributed by atoms with Crippen LogP contribution in [0, 0.1) is 5.92 Å². The second-order valence-corrected chi connectivity index (χ2v) is 4.13. The first kappa shape index (κ1) is 11.5. The van der Waals surface area contributed by atoms with Gasteiger partial charge in [0.1, 0.15) is 0 Å². The summed E-state index contributed by atoms with van der Waals surface area (Å²) in [6.07, 6.45) is 2.35. The van der Waals surface area contributed by atoms with Crippen molar-refractivity contribution in [3.63, 3.8) is 0 Å². The molecule has 1 aliphatic rings. The number of carbonyl (C=O) groups is 1. The van der Waals surface area contributed by atoms with Crippen LogP contribution >= 0.6 is 0 Å². The lowest BCUT2D eigenvalue weighted by Crippen LogP contribution is -2.47. The van der Waals surface area contributed by atoms with Gasteiger partial charge in [-0.3, -0.25) is 9.69 Å². The number of nitrogens with two attached hydrogens (primary N) is 1. The summed E-state index contributed by atoms with van der Waals surface area (Å²) >= 11 is 0. The third-order valence-corrected chi connectivity index (χ3v) is 3.07. The van der Waals surface area contributed by atoms with Gasteiger partial charge in [-0.1, -0.05) is 0 Å². The lowest BCUT2D eigenvalue weighted by molar-refractivity contribution is -0.122. The normalized spacial score (nSPS) is 28.8. The topological polar surface area (TPSA) is 58.4 Å². The number of carbonyl (C=O) groups excluding carboxylic acids is 1. The Bertz CT molecular complexity index is 196. The molecule has 0 saturated carbocycles. The van der Waals surface area contributed by atoms with Crippen LogP contribution < -0.4 is 11.1 Å². The molecule has 0 spiro atoms. The molecule has 4 nitrogen and oxygen atoms in total. The van der Waals surface area contributed by atoms with E-state index in [1.165, 1.54) is 6.42 Å². The lowest BCUT2D eigenvalue weighted by atomic mass is 9.93. The summed E-state index contributed by atoms with van der Waals surface area (Å²) in [6, 6.07) is 0.509. The molecule has 1 amide bonds. The summed E-state index contributed by atoms with van der Waals surface area (Å²) in [6.45, 7) is 4.38. The van der Waals surface area contributed by atoms with E-state index in [-0.39, 0.29) is 5.91 Å². The number of hydrogen-bond acceptors (Lipinski definition) is 3. The van der Waals surface area contributed by atoms with Gasteiger partial charge in [0.2, 0.25) is 5.91 Å². The van der Waals surface area contributed by atoms with E-state index in [1.807, 2.05) is 0 Å². The summed E-state index contributed by atoms with van der Waals surface area (Å²) < 4.78 is 0. The minimum atomic E-state index is 0.0921. The molecule has 0 aromatic rings. The molecule has 0 aliphatic carbocycles. The van der Waals surface area contributed by atoms with E-state index in [0.29, 0.717) is 18.5 Å². The van der Waals surface area contributed by atoms with Crippen LogP contribution in [0.25, 0.3) is 0 Å². The highest BCUT2D eigenvalue weighted by Crippen LogP contribution is 2.20. The predicted octanol–water partition coefficient (Wildman–Crippen LogP) is -0.208. The number of hydrogen-bond donors (Lipinski definition) is 2. The summed E-state index contributed by atoms with van der Waals surface area (Å²) in [4.78, 5) is 13.5. The molecule has 0 aromatic carbocycles. The third kappa shape index (κ3) is 2.96. The van der Waals surface area contributed by atoms with Crippen molar-refractivity contribution in [1.29, 1.82) is 0 Å². The van der Waals surface area contributed by atoms with Gasteiger partial charge in [-0.05, 0) is 32.2 Å². The van der Waals surface area contributed by atoms with E-state index in [2.05, 4.69) is 17.1 Å². The zero-order valence-electron chi connectivity index (χ0n) is 9.12. The Morgan fingerprint density at radius 2 is 2.29 bits per heavy atom. The van der Waals surface area contributed by atoms with Gasteiger partial charge in [-0.15, -0.1) is 0 Å². The molecule has 1 rings (SSSR count). The number of nitrogens with one attached hydrogen (secondary N) is 1. The summed E-state index contributed by atoms with van der Waals surface area (Å²) in [5.41, 5.74) is 5.65. The maximum Gasteiger partial charge on any atom is 0.233 e. The molecule has 1 saturated heterocycles. The molecule has 4 heteroatoms. The summed E-state index contributed by atoms with van der Waals surface area (Å²) in [5, 5.41) is 2.65. The van der Waals surface area contributed by atoms with Crippen molar-refractivity contribution in [3.8, 4) is 0 Å². The zero-order valence-corrected chi connectivity index (χ0v) is 9.12. The second-order valence-electron chi connectivity index (χ2n) is 4.13. The number of nitrogens with zero attached hydrogens (tertiary/aromatic N) is 1. The quantitative estimate of drug-likeness (QED) is 0.661. The van der Waals surface area contributed by atoms with Crippen LogP contribution in [0.2, 0.25) is 0 Å². The highest BCUT2D eigenvalue weighted by atomic mass is 16.1. The summed E-state index contributed by atoms with van der Waals surface area (Å²) in [5.74, 6) is 0.658.